The Morgan fingerprint density at radius 2 is 1.96 bits per heavy atom. The summed E-state index contributed by atoms with van der Waals surface area (Å²) in [5.41, 5.74) is 6.37. The number of carbonyl (C=O) groups is 2. The van der Waals surface area contributed by atoms with Crippen molar-refractivity contribution < 1.29 is 14.7 Å². The Morgan fingerprint density at radius 3 is 2.70 bits per heavy atom. The lowest BCUT2D eigenvalue weighted by atomic mass is 10.0. The largest absolute Gasteiger partial charge is 0.478 e. The molecule has 0 bridgehead atoms. The van der Waals surface area contributed by atoms with E-state index < -0.39 is 5.97 Å². The molecule has 0 saturated carbocycles. The molecule has 0 spiro atoms. The van der Waals surface area contributed by atoms with Gasteiger partial charge in [-0.05, 0) is 37.3 Å². The molecule has 2 aliphatic rings. The summed E-state index contributed by atoms with van der Waals surface area (Å²) in [7, 11) is 0. The zero-order chi connectivity index (χ0) is 19.0. The number of hydrogen-bond donors (Lipinski definition) is 3. The van der Waals surface area contributed by atoms with E-state index in [1.54, 1.807) is 25.1 Å². The van der Waals surface area contributed by atoms with Gasteiger partial charge in [0, 0.05) is 21.1 Å². The van der Waals surface area contributed by atoms with Gasteiger partial charge in [0.2, 0.25) is 0 Å². The lowest BCUT2D eigenvalue weighted by Gasteiger charge is -2.22. The lowest BCUT2D eigenvalue weighted by Crippen LogP contribution is -2.18. The summed E-state index contributed by atoms with van der Waals surface area (Å²) in [6, 6.07) is 14.6. The summed E-state index contributed by atoms with van der Waals surface area (Å²) >= 11 is 1.46. The highest BCUT2D eigenvalue weighted by Gasteiger charge is 2.26. The normalized spacial score (nSPS) is 18.2. The second kappa shape index (κ2) is 6.77. The van der Waals surface area contributed by atoms with Crippen LogP contribution in [0.3, 0.4) is 0 Å². The lowest BCUT2D eigenvalue weighted by molar-refractivity contribution is -0.116. The van der Waals surface area contributed by atoms with E-state index >= 15 is 0 Å². The number of nitrogens with one attached hydrogen (secondary N) is 2. The Hall–Kier alpha value is -3.32. The Balaban J connectivity index is 1.80. The van der Waals surface area contributed by atoms with Gasteiger partial charge in [0.25, 0.3) is 5.91 Å². The third-order valence-electron chi connectivity index (χ3n) is 4.23. The Morgan fingerprint density at radius 1 is 1.15 bits per heavy atom. The van der Waals surface area contributed by atoms with Crippen molar-refractivity contribution in [3.05, 3.63) is 77.0 Å². The molecule has 0 unspecified atom stereocenters. The number of rotatable bonds is 3. The van der Waals surface area contributed by atoms with Gasteiger partial charge in [-0.15, -0.1) is 0 Å². The van der Waals surface area contributed by atoms with Crippen molar-refractivity contribution in [1.82, 2.24) is 5.43 Å². The molecule has 6 nitrogen and oxygen atoms in total. The van der Waals surface area contributed by atoms with Crippen molar-refractivity contribution in [3.63, 3.8) is 0 Å². The Bertz CT molecular complexity index is 1070. The molecule has 0 fully saturated rings. The van der Waals surface area contributed by atoms with E-state index in [9.17, 15) is 14.7 Å². The molecule has 1 amide bonds. The number of amides is 1. The second-order valence-corrected chi connectivity index (χ2v) is 7.16. The minimum Gasteiger partial charge on any atom is -0.478 e. The number of benzene rings is 2. The molecular formula is C20H15N3O3S. The first-order valence-electron chi connectivity index (χ1n) is 8.21. The molecule has 27 heavy (non-hydrogen) atoms. The van der Waals surface area contributed by atoms with E-state index in [1.807, 2.05) is 36.4 Å². The van der Waals surface area contributed by atoms with Gasteiger partial charge in [0.05, 0.1) is 22.5 Å². The average molecular weight is 377 g/mol. The second-order valence-electron chi connectivity index (χ2n) is 6.04. The highest BCUT2D eigenvalue weighted by atomic mass is 32.2. The van der Waals surface area contributed by atoms with E-state index in [1.165, 1.54) is 11.8 Å². The number of carbonyl (C=O) groups excluding carboxylic acids is 1. The van der Waals surface area contributed by atoms with Crippen LogP contribution >= 0.6 is 11.8 Å². The van der Waals surface area contributed by atoms with Crippen molar-refractivity contribution >= 4 is 39.9 Å². The van der Waals surface area contributed by atoms with E-state index in [2.05, 4.69) is 15.8 Å². The molecule has 0 aromatic heterocycles. The SMILES string of the molecule is CC1=NNC(=O)C1=C1C=C(Sc2cccc(C(=O)O)c2)c2ccccc2N1. The molecule has 134 valence electrons. The van der Waals surface area contributed by atoms with Gasteiger partial charge in [0.15, 0.2) is 0 Å². The summed E-state index contributed by atoms with van der Waals surface area (Å²) in [6.07, 6.45) is 1.90. The van der Waals surface area contributed by atoms with Gasteiger partial charge in [-0.3, -0.25) is 4.79 Å². The van der Waals surface area contributed by atoms with E-state index in [-0.39, 0.29) is 11.5 Å². The fraction of sp³-hybridized carbons (Fsp3) is 0.0500. The molecule has 2 aromatic carbocycles. The molecule has 3 N–H and O–H groups in total. The first-order chi connectivity index (χ1) is 13.0. The van der Waals surface area contributed by atoms with Crippen LogP contribution in [0.15, 0.2) is 75.9 Å². The molecule has 0 radical (unpaired) electrons. The van der Waals surface area contributed by atoms with Gasteiger partial charge >= 0.3 is 5.97 Å². The molecule has 0 atom stereocenters. The van der Waals surface area contributed by atoms with Crippen molar-refractivity contribution in [2.24, 2.45) is 5.10 Å². The van der Waals surface area contributed by atoms with Crippen molar-refractivity contribution in [2.45, 2.75) is 11.8 Å². The minimum atomic E-state index is -0.964. The molecule has 0 aliphatic carbocycles. The zero-order valence-corrected chi connectivity index (χ0v) is 15.1. The number of anilines is 1. The maximum Gasteiger partial charge on any atom is 0.335 e. The fourth-order valence-electron chi connectivity index (χ4n) is 2.96. The van der Waals surface area contributed by atoms with E-state index in [0.717, 1.165) is 21.1 Å². The Labute approximate surface area is 159 Å². The third-order valence-corrected chi connectivity index (χ3v) is 5.28. The highest BCUT2D eigenvalue weighted by molar-refractivity contribution is 8.08. The number of fused-ring (bicyclic) bond motifs is 1. The topological polar surface area (TPSA) is 90.8 Å². The first-order valence-corrected chi connectivity index (χ1v) is 9.03. The van der Waals surface area contributed by atoms with Gasteiger partial charge in [0.1, 0.15) is 0 Å². The zero-order valence-electron chi connectivity index (χ0n) is 14.3. The van der Waals surface area contributed by atoms with Gasteiger partial charge < -0.3 is 10.4 Å². The van der Waals surface area contributed by atoms with Gasteiger partial charge in [-0.2, -0.15) is 5.10 Å². The molecule has 2 aliphatic heterocycles. The van der Waals surface area contributed by atoms with Crippen LogP contribution in [0.2, 0.25) is 0 Å². The number of allylic oxidation sites excluding steroid dienone is 1. The van der Waals surface area contributed by atoms with E-state index in [4.69, 9.17) is 0 Å². The summed E-state index contributed by atoms with van der Waals surface area (Å²) < 4.78 is 0. The highest BCUT2D eigenvalue weighted by Crippen LogP contribution is 2.42. The number of carboxylic acids is 1. The van der Waals surface area contributed by atoms with Gasteiger partial charge in [-0.25, -0.2) is 10.2 Å². The number of aromatic carboxylic acids is 1. The number of carboxylic acid groups (broad SMARTS) is 1. The van der Waals surface area contributed by atoms with Crippen molar-refractivity contribution in [1.29, 1.82) is 0 Å². The fourth-order valence-corrected chi connectivity index (χ4v) is 4.01. The van der Waals surface area contributed by atoms with E-state index in [0.29, 0.717) is 17.0 Å². The maximum absolute atomic E-state index is 12.2. The number of para-hydroxylation sites is 1. The van der Waals surface area contributed by atoms with Crippen LogP contribution in [0, 0.1) is 0 Å². The number of thioether (sulfide) groups is 1. The maximum atomic E-state index is 12.2. The monoisotopic (exact) mass is 377 g/mol. The third kappa shape index (κ3) is 3.24. The van der Waals surface area contributed by atoms with Crippen LogP contribution in [0.1, 0.15) is 22.8 Å². The van der Waals surface area contributed by atoms with Crippen LogP contribution in [0.5, 0.6) is 0 Å². The van der Waals surface area contributed by atoms with Crippen molar-refractivity contribution in [2.75, 3.05) is 5.32 Å². The number of hydrazone groups is 1. The van der Waals surface area contributed by atoms with Crippen LogP contribution in [-0.4, -0.2) is 22.7 Å². The average Bonchev–Trinajstić information content (AvgIpc) is 3.00. The predicted octanol–water partition coefficient (Wildman–Crippen LogP) is 3.70. The van der Waals surface area contributed by atoms with Gasteiger partial charge in [-0.1, -0.05) is 36.0 Å². The van der Waals surface area contributed by atoms with Crippen LogP contribution in [0.25, 0.3) is 4.91 Å². The molecule has 7 heteroatoms. The van der Waals surface area contributed by atoms with Crippen LogP contribution in [0.4, 0.5) is 5.69 Å². The Kier molecular flexibility index (Phi) is 4.29. The summed E-state index contributed by atoms with van der Waals surface area (Å²) in [5.74, 6) is -1.21. The smallest absolute Gasteiger partial charge is 0.335 e. The number of nitrogens with zero attached hydrogens (tertiary/aromatic N) is 1. The summed E-state index contributed by atoms with van der Waals surface area (Å²) in [4.78, 5) is 25.1. The summed E-state index contributed by atoms with van der Waals surface area (Å²) in [6.45, 7) is 1.78. The first kappa shape index (κ1) is 17.1. The molecule has 0 saturated heterocycles. The molecule has 2 heterocycles. The van der Waals surface area contributed by atoms with Crippen molar-refractivity contribution in [3.8, 4) is 0 Å². The number of hydrogen-bond acceptors (Lipinski definition) is 5. The minimum absolute atomic E-state index is 0.236. The standard InChI is InChI=1S/C20H15N3O3S/c1-11-18(19(24)23-22-11)16-10-17(14-7-2-3-8-15(14)21-16)27-13-6-4-5-12(9-13)20(25)26/h2-10,21H,1H3,(H,23,24)(H,25,26). The quantitative estimate of drug-likeness (QED) is 0.710. The molecular weight excluding hydrogens is 362 g/mol. The molecule has 2 aromatic rings. The van der Waals surface area contributed by atoms with Crippen LogP contribution in [-0.2, 0) is 4.79 Å². The van der Waals surface area contributed by atoms with Crippen LogP contribution < -0.4 is 10.7 Å². The predicted molar refractivity (Wildman–Crippen MR) is 106 cm³/mol. The summed E-state index contributed by atoms with van der Waals surface area (Å²) in [5, 5.41) is 16.5. The molecule has 4 rings (SSSR count).